The third-order valence-electron chi connectivity index (χ3n) is 12.2. The van der Waals surface area contributed by atoms with Gasteiger partial charge in [0.2, 0.25) is 0 Å². The summed E-state index contributed by atoms with van der Waals surface area (Å²) in [5.41, 5.74) is 8.37. The predicted molar refractivity (Wildman–Crippen MR) is 253 cm³/mol. The first-order valence-corrected chi connectivity index (χ1v) is 20.8. The van der Waals surface area contributed by atoms with E-state index in [1.807, 2.05) is 18.2 Å². The molecule has 0 radical (unpaired) electrons. The second-order valence-corrected chi connectivity index (χ2v) is 16.9. The molecular weight excluding hydrogens is 940 g/mol. The van der Waals surface area contributed by atoms with Gasteiger partial charge in [-0.05, 0) is 74.3 Å². The van der Waals surface area contributed by atoms with Crippen molar-refractivity contribution in [1.29, 1.82) is 0 Å². The molecule has 6 heteroatoms. The van der Waals surface area contributed by atoms with Crippen LogP contribution in [0.25, 0.3) is 70.8 Å². The average Bonchev–Trinajstić information content (AvgIpc) is 3.84. The summed E-state index contributed by atoms with van der Waals surface area (Å²) in [4.78, 5) is 10.00. The van der Waals surface area contributed by atoms with Crippen LogP contribution in [0.4, 0.5) is 22.7 Å². The van der Waals surface area contributed by atoms with Crippen molar-refractivity contribution in [2.24, 2.45) is 0 Å². The predicted octanol–water partition coefficient (Wildman–Crippen LogP) is 14.9. The summed E-state index contributed by atoms with van der Waals surface area (Å²) in [6.07, 6.45) is 0. The number of ether oxygens (including phenoxy) is 1. The van der Waals surface area contributed by atoms with Gasteiger partial charge in [-0.2, -0.15) is 12.1 Å². The largest absolute Gasteiger partial charge is 0.509 e. The SMILES string of the molecule is CC(C)(C)c1ccccc1N1[CH-]N(c2[c-]c(Oc3[c-]c4c(cc3)c3ccccc3n4-c3nc4ccc5ccccc5c4c4c3ccc3ccccc34)ccc2)c2ccccc21.[Pt]. The van der Waals surface area contributed by atoms with E-state index in [0.717, 1.165) is 66.7 Å². The Bertz CT molecular complexity index is 3570. The number of hydrogen-bond donors (Lipinski definition) is 0. The molecule has 62 heavy (non-hydrogen) atoms. The van der Waals surface area contributed by atoms with Crippen molar-refractivity contribution in [3.05, 3.63) is 200 Å². The summed E-state index contributed by atoms with van der Waals surface area (Å²) in [7, 11) is 0. The van der Waals surface area contributed by atoms with Crippen LogP contribution in [0.5, 0.6) is 11.5 Å². The van der Waals surface area contributed by atoms with Crippen molar-refractivity contribution in [3.8, 4) is 17.3 Å². The van der Waals surface area contributed by atoms with E-state index in [1.54, 1.807) is 0 Å². The van der Waals surface area contributed by atoms with Crippen LogP contribution in [0.1, 0.15) is 26.3 Å². The average molecular weight is 979 g/mol. The van der Waals surface area contributed by atoms with E-state index in [9.17, 15) is 0 Å². The fourth-order valence-corrected chi connectivity index (χ4v) is 9.41. The first-order chi connectivity index (χ1) is 29.9. The zero-order valence-corrected chi connectivity index (χ0v) is 36.6. The minimum atomic E-state index is -0.0310. The maximum absolute atomic E-state index is 6.70. The van der Waals surface area contributed by atoms with E-state index < -0.39 is 0 Å². The van der Waals surface area contributed by atoms with Crippen LogP contribution >= 0.6 is 0 Å². The minimum Gasteiger partial charge on any atom is -0.509 e. The van der Waals surface area contributed by atoms with E-state index in [4.69, 9.17) is 9.72 Å². The number of nitrogens with zero attached hydrogens (tertiary/aromatic N) is 4. The first kappa shape index (κ1) is 38.0. The number of benzene rings is 9. The molecule has 1 aliphatic rings. The maximum atomic E-state index is 6.70. The van der Waals surface area contributed by atoms with Crippen LogP contribution in [-0.4, -0.2) is 9.55 Å². The van der Waals surface area contributed by atoms with Crippen LogP contribution in [0.15, 0.2) is 176 Å². The van der Waals surface area contributed by atoms with E-state index in [0.29, 0.717) is 11.5 Å². The third kappa shape index (κ3) is 5.98. The molecule has 0 saturated heterocycles. The number of anilines is 4. The summed E-state index contributed by atoms with van der Waals surface area (Å²) < 4.78 is 8.97. The van der Waals surface area contributed by atoms with Crippen LogP contribution < -0.4 is 14.5 Å². The zero-order chi connectivity index (χ0) is 40.8. The standard InChI is InChI=1S/C56H39N4O.Pt/c1-56(2,3)46-22-9-11-24-49(46)59-35-58(50-25-12-13-26-51(50)59)38-17-14-18-39(33-38)61-40-29-31-44-43-21-8-10-23-48(43)60(52(44)34-40)55-45-30-27-36-15-4-6-19-41(36)53(45)54-42-20-7-5-16-37(42)28-32-47(54)57-55;/h4-32,35H,1-3H3;/q-3;. The Hall–Kier alpha value is -6.94. The molecule has 1 aliphatic heterocycles. The van der Waals surface area contributed by atoms with Gasteiger partial charge in [0, 0.05) is 71.3 Å². The van der Waals surface area contributed by atoms with Crippen molar-refractivity contribution in [2.75, 3.05) is 9.80 Å². The van der Waals surface area contributed by atoms with Crippen molar-refractivity contribution < 1.29 is 25.8 Å². The van der Waals surface area contributed by atoms with Crippen molar-refractivity contribution in [3.63, 3.8) is 0 Å². The van der Waals surface area contributed by atoms with Gasteiger partial charge in [-0.25, -0.2) is 4.98 Å². The molecule has 0 unspecified atom stereocenters. The van der Waals surface area contributed by atoms with Gasteiger partial charge in [-0.1, -0.05) is 135 Å². The number of hydrogen-bond acceptors (Lipinski definition) is 4. The summed E-state index contributed by atoms with van der Waals surface area (Å²) in [6, 6.07) is 69.3. The van der Waals surface area contributed by atoms with Crippen molar-refractivity contribution in [2.45, 2.75) is 26.2 Å². The number of rotatable bonds is 5. The summed E-state index contributed by atoms with van der Waals surface area (Å²) in [5, 5.41) is 10.4. The topological polar surface area (TPSA) is 33.5 Å². The second kappa shape index (κ2) is 14.6. The van der Waals surface area contributed by atoms with Crippen LogP contribution in [0.2, 0.25) is 0 Å². The Morgan fingerprint density at radius 3 is 1.89 bits per heavy atom. The molecule has 0 aliphatic carbocycles. The van der Waals surface area contributed by atoms with Gasteiger partial charge < -0.3 is 19.1 Å². The van der Waals surface area contributed by atoms with E-state index in [-0.39, 0.29) is 26.5 Å². The fraction of sp³-hybridized carbons (Fsp3) is 0.0714. The molecule has 11 aromatic rings. The van der Waals surface area contributed by atoms with Crippen LogP contribution in [0.3, 0.4) is 0 Å². The van der Waals surface area contributed by atoms with Crippen molar-refractivity contribution >= 4 is 87.8 Å². The molecule has 0 amide bonds. The molecule has 12 rings (SSSR count). The quantitative estimate of drug-likeness (QED) is 0.127. The molecule has 0 fully saturated rings. The third-order valence-corrected chi connectivity index (χ3v) is 12.2. The molecule has 2 aromatic heterocycles. The number of fused-ring (bicyclic) bond motifs is 11. The smallest absolute Gasteiger partial charge is 0.144 e. The van der Waals surface area contributed by atoms with Crippen LogP contribution in [0, 0.1) is 18.8 Å². The van der Waals surface area contributed by atoms with E-state index in [2.05, 4.69) is 212 Å². The number of para-hydroxylation sites is 4. The van der Waals surface area contributed by atoms with E-state index in [1.165, 1.54) is 32.5 Å². The molecule has 5 nitrogen and oxygen atoms in total. The Kier molecular flexibility index (Phi) is 8.96. The maximum Gasteiger partial charge on any atom is 0.144 e. The van der Waals surface area contributed by atoms with Crippen molar-refractivity contribution in [1.82, 2.24) is 9.55 Å². The molecule has 0 N–H and O–H groups in total. The van der Waals surface area contributed by atoms with Gasteiger partial charge in [0.15, 0.2) is 0 Å². The zero-order valence-electron chi connectivity index (χ0n) is 34.3. The molecule has 3 heterocycles. The molecule has 0 atom stereocenters. The fourth-order valence-electron chi connectivity index (χ4n) is 9.41. The van der Waals surface area contributed by atoms with Gasteiger partial charge in [0.05, 0.1) is 5.52 Å². The van der Waals surface area contributed by atoms with Gasteiger partial charge >= 0.3 is 0 Å². The molecular formula is C56H39N4OPt-3. The van der Waals surface area contributed by atoms with Gasteiger partial charge in [-0.15, -0.1) is 48.1 Å². The monoisotopic (exact) mass is 978 g/mol. The minimum absolute atomic E-state index is 0. The second-order valence-electron chi connectivity index (χ2n) is 16.9. The Morgan fingerprint density at radius 1 is 0.500 bits per heavy atom. The summed E-state index contributed by atoms with van der Waals surface area (Å²) >= 11 is 0. The molecule has 0 saturated carbocycles. The number of pyridine rings is 1. The number of aromatic nitrogens is 2. The summed E-state index contributed by atoms with van der Waals surface area (Å²) in [6.45, 7) is 8.95. The first-order valence-electron chi connectivity index (χ1n) is 20.8. The molecule has 302 valence electrons. The molecule has 0 spiro atoms. The normalized spacial score (nSPS) is 12.8. The van der Waals surface area contributed by atoms with Gasteiger partial charge in [0.25, 0.3) is 0 Å². The van der Waals surface area contributed by atoms with E-state index >= 15 is 0 Å². The van der Waals surface area contributed by atoms with Crippen LogP contribution in [-0.2, 0) is 26.5 Å². The molecule has 9 aromatic carbocycles. The summed E-state index contributed by atoms with van der Waals surface area (Å²) in [5.74, 6) is 2.05. The van der Waals surface area contributed by atoms with Gasteiger partial charge in [-0.3, -0.25) is 0 Å². The Morgan fingerprint density at radius 2 is 1.11 bits per heavy atom. The Balaban J connectivity index is 0.00000432. The van der Waals surface area contributed by atoms with Gasteiger partial charge in [0.1, 0.15) is 5.82 Å². The molecule has 0 bridgehead atoms. The Labute approximate surface area is 374 Å².